The van der Waals surface area contributed by atoms with E-state index in [-0.39, 0.29) is 17.0 Å². The first-order chi connectivity index (χ1) is 7.82. The summed E-state index contributed by atoms with van der Waals surface area (Å²) in [7, 11) is 0. The van der Waals surface area contributed by atoms with Crippen LogP contribution in [0.1, 0.15) is 23.5 Å². The van der Waals surface area contributed by atoms with Gasteiger partial charge in [0.2, 0.25) is 0 Å². The highest BCUT2D eigenvalue weighted by Gasteiger charge is 2.49. The van der Waals surface area contributed by atoms with Gasteiger partial charge < -0.3 is 5.11 Å². The largest absolute Gasteiger partial charge is 0.481 e. The van der Waals surface area contributed by atoms with Crippen molar-refractivity contribution < 1.29 is 23.1 Å². The normalized spacial score (nSPS) is 23.5. The average molecular weight is 265 g/mol. The maximum absolute atomic E-state index is 12.7. The Bertz CT molecular complexity index is 470. The third-order valence-electron chi connectivity index (χ3n) is 2.84. The van der Waals surface area contributed by atoms with Crippen LogP contribution < -0.4 is 0 Å². The smallest absolute Gasteiger partial charge is 0.416 e. The third-order valence-corrected chi connectivity index (χ3v) is 3.17. The molecule has 2 nitrogen and oxygen atoms in total. The van der Waals surface area contributed by atoms with Crippen LogP contribution in [0.3, 0.4) is 0 Å². The Labute approximate surface area is 100 Å². The SMILES string of the molecule is O=C(O)[C@@H]1C[C@H]1c1c(Cl)cccc1C(F)(F)F. The molecule has 17 heavy (non-hydrogen) atoms. The number of hydrogen-bond donors (Lipinski definition) is 1. The molecule has 1 aliphatic carbocycles. The molecule has 2 atom stereocenters. The molecule has 0 radical (unpaired) electrons. The number of aliphatic carboxylic acids is 1. The van der Waals surface area contributed by atoms with E-state index in [0.717, 1.165) is 6.07 Å². The zero-order valence-corrected chi connectivity index (χ0v) is 9.22. The standard InChI is InChI=1S/C11H8ClF3O2/c12-8-3-1-2-7(11(13,14)15)9(8)5-4-6(5)10(16)17/h1-3,5-6H,4H2,(H,16,17)/t5-,6-/m1/s1. The van der Waals surface area contributed by atoms with Crippen LogP contribution in [0.2, 0.25) is 5.02 Å². The molecule has 1 aromatic rings. The molecule has 92 valence electrons. The Hall–Kier alpha value is -1.23. The summed E-state index contributed by atoms with van der Waals surface area (Å²) in [4.78, 5) is 10.7. The molecule has 6 heteroatoms. The highest BCUT2D eigenvalue weighted by molar-refractivity contribution is 6.31. The maximum atomic E-state index is 12.7. The van der Waals surface area contributed by atoms with E-state index in [1.807, 2.05) is 0 Å². The molecule has 0 aliphatic heterocycles. The minimum absolute atomic E-state index is 0.0198. The van der Waals surface area contributed by atoms with Crippen molar-refractivity contribution in [2.45, 2.75) is 18.5 Å². The highest BCUT2D eigenvalue weighted by Crippen LogP contribution is 2.53. The van der Waals surface area contributed by atoms with E-state index in [1.165, 1.54) is 12.1 Å². The first-order valence-corrected chi connectivity index (χ1v) is 5.28. The highest BCUT2D eigenvalue weighted by atomic mass is 35.5. The summed E-state index contributed by atoms with van der Waals surface area (Å²) in [6.45, 7) is 0. The molecule has 1 N–H and O–H groups in total. The molecule has 0 bridgehead atoms. The first kappa shape index (κ1) is 12.2. The number of carboxylic acid groups (broad SMARTS) is 1. The monoisotopic (exact) mass is 264 g/mol. The molecule has 0 unspecified atom stereocenters. The molecule has 1 aromatic carbocycles. The minimum atomic E-state index is -4.51. The van der Waals surface area contributed by atoms with E-state index in [4.69, 9.17) is 16.7 Å². The van der Waals surface area contributed by atoms with Crippen molar-refractivity contribution in [2.24, 2.45) is 5.92 Å². The number of carboxylic acids is 1. The number of carbonyl (C=O) groups is 1. The fraction of sp³-hybridized carbons (Fsp3) is 0.364. The lowest BCUT2D eigenvalue weighted by molar-refractivity contribution is -0.140. The van der Waals surface area contributed by atoms with Crippen LogP contribution >= 0.6 is 11.6 Å². The average Bonchev–Trinajstić information content (AvgIpc) is 2.95. The molecule has 0 heterocycles. The quantitative estimate of drug-likeness (QED) is 0.887. The van der Waals surface area contributed by atoms with Gasteiger partial charge in [0, 0.05) is 10.9 Å². The van der Waals surface area contributed by atoms with Crippen molar-refractivity contribution in [3.63, 3.8) is 0 Å². The zero-order chi connectivity index (χ0) is 12.8. The second kappa shape index (κ2) is 3.91. The number of halogens is 4. The molecule has 0 spiro atoms. The van der Waals surface area contributed by atoms with Crippen LogP contribution in [-0.2, 0) is 11.0 Å². The topological polar surface area (TPSA) is 37.3 Å². The van der Waals surface area contributed by atoms with Crippen LogP contribution in [0, 0.1) is 5.92 Å². The summed E-state index contributed by atoms with van der Waals surface area (Å²) in [6, 6.07) is 3.49. The number of rotatable bonds is 2. The number of hydrogen-bond acceptors (Lipinski definition) is 1. The summed E-state index contributed by atoms with van der Waals surface area (Å²) in [6.07, 6.45) is -4.30. The molecule has 1 saturated carbocycles. The molecule has 0 amide bonds. The van der Waals surface area contributed by atoms with Gasteiger partial charge in [-0.15, -0.1) is 0 Å². The van der Waals surface area contributed by atoms with E-state index < -0.39 is 29.5 Å². The molecule has 1 fully saturated rings. The van der Waals surface area contributed by atoms with E-state index in [0.29, 0.717) is 0 Å². The predicted octanol–water partition coefficient (Wildman–Crippen LogP) is 3.55. The molecule has 2 rings (SSSR count). The van der Waals surface area contributed by atoms with Crippen LogP contribution in [0.15, 0.2) is 18.2 Å². The first-order valence-electron chi connectivity index (χ1n) is 4.90. The Morgan fingerprint density at radius 3 is 2.53 bits per heavy atom. The zero-order valence-electron chi connectivity index (χ0n) is 8.46. The van der Waals surface area contributed by atoms with Crippen LogP contribution in [0.5, 0.6) is 0 Å². The van der Waals surface area contributed by atoms with Gasteiger partial charge in [-0.3, -0.25) is 4.79 Å². The Morgan fingerprint density at radius 1 is 1.41 bits per heavy atom. The van der Waals surface area contributed by atoms with E-state index >= 15 is 0 Å². The molecular formula is C11H8ClF3O2. The number of benzene rings is 1. The van der Waals surface area contributed by atoms with Gasteiger partial charge in [-0.05, 0) is 24.1 Å². The summed E-state index contributed by atoms with van der Waals surface area (Å²) in [5.74, 6) is -2.46. The summed E-state index contributed by atoms with van der Waals surface area (Å²) >= 11 is 5.75. The summed E-state index contributed by atoms with van der Waals surface area (Å²) < 4.78 is 38.2. The van der Waals surface area contributed by atoms with Gasteiger partial charge in [-0.25, -0.2) is 0 Å². The van der Waals surface area contributed by atoms with Crippen molar-refractivity contribution in [2.75, 3.05) is 0 Å². The van der Waals surface area contributed by atoms with Gasteiger partial charge in [0.1, 0.15) is 0 Å². The summed E-state index contributed by atoms with van der Waals surface area (Å²) in [5.41, 5.74) is -0.923. The summed E-state index contributed by atoms with van der Waals surface area (Å²) in [5, 5.41) is 8.73. The lowest BCUT2D eigenvalue weighted by Gasteiger charge is -2.13. The van der Waals surface area contributed by atoms with Crippen molar-refractivity contribution in [1.82, 2.24) is 0 Å². The van der Waals surface area contributed by atoms with Crippen molar-refractivity contribution in [3.05, 3.63) is 34.3 Å². The van der Waals surface area contributed by atoms with Crippen LogP contribution in [-0.4, -0.2) is 11.1 Å². The van der Waals surface area contributed by atoms with Crippen molar-refractivity contribution in [1.29, 1.82) is 0 Å². The Balaban J connectivity index is 2.43. The Morgan fingerprint density at radius 2 is 2.06 bits per heavy atom. The van der Waals surface area contributed by atoms with Gasteiger partial charge >= 0.3 is 12.1 Å². The van der Waals surface area contributed by atoms with Gasteiger partial charge in [0.25, 0.3) is 0 Å². The predicted molar refractivity (Wildman–Crippen MR) is 54.9 cm³/mol. The van der Waals surface area contributed by atoms with Gasteiger partial charge in [0.15, 0.2) is 0 Å². The van der Waals surface area contributed by atoms with Crippen LogP contribution in [0.4, 0.5) is 13.2 Å². The molecule has 1 aliphatic rings. The fourth-order valence-corrected chi connectivity index (χ4v) is 2.26. The van der Waals surface area contributed by atoms with Crippen molar-refractivity contribution >= 4 is 17.6 Å². The maximum Gasteiger partial charge on any atom is 0.416 e. The molecule has 0 aromatic heterocycles. The van der Waals surface area contributed by atoms with E-state index in [9.17, 15) is 18.0 Å². The lowest BCUT2D eigenvalue weighted by atomic mass is 10.0. The minimum Gasteiger partial charge on any atom is -0.481 e. The van der Waals surface area contributed by atoms with E-state index in [2.05, 4.69) is 0 Å². The van der Waals surface area contributed by atoms with Crippen LogP contribution in [0.25, 0.3) is 0 Å². The van der Waals surface area contributed by atoms with E-state index in [1.54, 1.807) is 0 Å². The van der Waals surface area contributed by atoms with Gasteiger partial charge in [0.05, 0.1) is 11.5 Å². The second-order valence-corrected chi connectivity index (χ2v) is 4.39. The lowest BCUT2D eigenvalue weighted by Crippen LogP contribution is -2.10. The number of alkyl halides is 3. The fourth-order valence-electron chi connectivity index (χ4n) is 1.95. The third kappa shape index (κ3) is 2.24. The molecule has 0 saturated heterocycles. The second-order valence-electron chi connectivity index (χ2n) is 3.99. The van der Waals surface area contributed by atoms with Gasteiger partial charge in [-0.2, -0.15) is 13.2 Å². The molecular weight excluding hydrogens is 257 g/mol. The van der Waals surface area contributed by atoms with Gasteiger partial charge in [-0.1, -0.05) is 17.7 Å². The van der Waals surface area contributed by atoms with Crippen molar-refractivity contribution in [3.8, 4) is 0 Å². The Kier molecular flexibility index (Phi) is 2.81.